The Hall–Kier alpha value is -2.71. The van der Waals surface area contributed by atoms with Gasteiger partial charge in [0, 0.05) is 23.7 Å². The maximum atomic E-state index is 13.8. The Kier molecular flexibility index (Phi) is 5.87. The summed E-state index contributed by atoms with van der Waals surface area (Å²) in [6.07, 6.45) is 3.72. The predicted octanol–water partition coefficient (Wildman–Crippen LogP) is 4.53. The second-order valence-corrected chi connectivity index (χ2v) is 7.81. The summed E-state index contributed by atoms with van der Waals surface area (Å²) in [5, 5.41) is 3.69. The molecule has 0 bridgehead atoms. The lowest BCUT2D eigenvalue weighted by atomic mass is 10.0. The smallest absolute Gasteiger partial charge is 0.254 e. The maximum Gasteiger partial charge on any atom is 0.254 e. The molecule has 30 heavy (non-hydrogen) atoms. The van der Waals surface area contributed by atoms with Crippen LogP contribution >= 0.6 is 23.4 Å². The molecule has 0 saturated carbocycles. The predicted molar refractivity (Wildman–Crippen MR) is 111 cm³/mol. The topological polar surface area (TPSA) is 64.1 Å². The van der Waals surface area contributed by atoms with Gasteiger partial charge in [-0.3, -0.25) is 4.79 Å². The van der Waals surface area contributed by atoms with Crippen LogP contribution in [0, 0.1) is 11.6 Å². The van der Waals surface area contributed by atoms with Crippen molar-refractivity contribution in [3.05, 3.63) is 70.4 Å². The lowest BCUT2D eigenvalue weighted by Crippen LogP contribution is -2.35. The van der Waals surface area contributed by atoms with Gasteiger partial charge >= 0.3 is 0 Å². The number of amides is 1. The monoisotopic (exact) mass is 447 g/mol. The number of benzene rings is 2. The lowest BCUT2D eigenvalue weighted by molar-refractivity contribution is 0.0928. The first-order valence-electron chi connectivity index (χ1n) is 9.05. The fourth-order valence-corrected chi connectivity index (χ4v) is 3.87. The van der Waals surface area contributed by atoms with Gasteiger partial charge in [-0.25, -0.2) is 18.7 Å². The molecule has 1 N–H and O–H groups in total. The zero-order valence-electron chi connectivity index (χ0n) is 15.8. The molecular formula is C21H16ClF2N3O2S. The van der Waals surface area contributed by atoms with Crippen molar-refractivity contribution in [2.75, 3.05) is 12.8 Å². The number of carbonyl (C=O) groups excluding carboxylic acids is 1. The molecule has 0 radical (unpaired) electrons. The number of thioether (sulfide) groups is 1. The van der Waals surface area contributed by atoms with Crippen molar-refractivity contribution in [1.82, 2.24) is 15.3 Å². The van der Waals surface area contributed by atoms with Crippen LogP contribution in [0.5, 0.6) is 5.75 Å². The van der Waals surface area contributed by atoms with Crippen LogP contribution in [0.4, 0.5) is 8.78 Å². The highest BCUT2D eigenvalue weighted by molar-refractivity contribution is 7.98. The summed E-state index contributed by atoms with van der Waals surface area (Å²) >= 11 is 7.85. The summed E-state index contributed by atoms with van der Waals surface area (Å²) in [5.74, 6) is -2.40. The Morgan fingerprint density at radius 2 is 2.17 bits per heavy atom. The van der Waals surface area contributed by atoms with Crippen molar-refractivity contribution in [3.63, 3.8) is 0 Å². The number of halogens is 3. The van der Waals surface area contributed by atoms with Crippen LogP contribution in [-0.2, 0) is 6.42 Å². The number of rotatable bonds is 5. The molecule has 2 aromatic carbocycles. The highest BCUT2D eigenvalue weighted by Crippen LogP contribution is 2.39. The van der Waals surface area contributed by atoms with Crippen LogP contribution in [0.2, 0.25) is 5.02 Å². The molecule has 4 rings (SSSR count). The van der Waals surface area contributed by atoms with Crippen molar-refractivity contribution in [2.24, 2.45) is 0 Å². The first-order chi connectivity index (χ1) is 14.5. The van der Waals surface area contributed by atoms with Crippen LogP contribution in [0.3, 0.4) is 0 Å². The number of nitrogens with zero attached hydrogens (tertiary/aromatic N) is 2. The SMILES string of the molecule is CSc1nccc(-c2cc(Cl)c3c(c2)C[C@H](CNC(=O)c2cccc(F)c2F)O3)n1. The molecule has 1 amide bonds. The van der Waals surface area contributed by atoms with E-state index < -0.39 is 17.5 Å². The van der Waals surface area contributed by atoms with Crippen LogP contribution in [0.1, 0.15) is 15.9 Å². The van der Waals surface area contributed by atoms with Gasteiger partial charge in [-0.05, 0) is 36.6 Å². The number of carbonyl (C=O) groups is 1. The molecule has 5 nitrogen and oxygen atoms in total. The molecule has 1 aliphatic heterocycles. The van der Waals surface area contributed by atoms with Crippen molar-refractivity contribution in [2.45, 2.75) is 17.7 Å². The van der Waals surface area contributed by atoms with Crippen molar-refractivity contribution < 1.29 is 18.3 Å². The molecule has 154 valence electrons. The van der Waals surface area contributed by atoms with E-state index >= 15 is 0 Å². The number of fused-ring (bicyclic) bond motifs is 1. The van der Waals surface area contributed by atoms with Gasteiger partial charge in [0.05, 0.1) is 22.8 Å². The Balaban J connectivity index is 1.47. The molecule has 3 aromatic rings. The highest BCUT2D eigenvalue weighted by atomic mass is 35.5. The number of nitrogens with one attached hydrogen (secondary N) is 1. The fraction of sp³-hybridized carbons (Fsp3) is 0.190. The van der Waals surface area contributed by atoms with Gasteiger partial charge in [0.2, 0.25) is 0 Å². The quantitative estimate of drug-likeness (QED) is 0.460. The normalized spacial score (nSPS) is 14.9. The van der Waals surface area contributed by atoms with Crippen LogP contribution in [0.15, 0.2) is 47.8 Å². The molecule has 0 aliphatic carbocycles. The van der Waals surface area contributed by atoms with E-state index in [1.54, 1.807) is 18.3 Å². The minimum atomic E-state index is -1.17. The molecule has 1 aromatic heterocycles. The van der Waals surface area contributed by atoms with E-state index in [1.807, 2.05) is 12.3 Å². The number of hydrogen-bond donors (Lipinski definition) is 1. The molecule has 1 aliphatic rings. The van der Waals surface area contributed by atoms with E-state index in [1.165, 1.54) is 23.9 Å². The molecule has 1 atom stereocenters. The number of hydrogen-bond acceptors (Lipinski definition) is 5. The van der Waals surface area contributed by atoms with E-state index in [2.05, 4.69) is 15.3 Å². The summed E-state index contributed by atoms with van der Waals surface area (Å²) in [4.78, 5) is 20.9. The zero-order valence-corrected chi connectivity index (χ0v) is 17.4. The third-order valence-electron chi connectivity index (χ3n) is 4.65. The molecule has 0 unspecified atom stereocenters. The van der Waals surface area contributed by atoms with E-state index in [4.69, 9.17) is 16.3 Å². The number of ether oxygens (including phenoxy) is 1. The number of aromatic nitrogens is 2. The van der Waals surface area contributed by atoms with Gasteiger partial charge in [0.15, 0.2) is 16.8 Å². The van der Waals surface area contributed by atoms with Crippen LogP contribution in [0.25, 0.3) is 11.3 Å². The first kappa shape index (κ1) is 20.6. The van der Waals surface area contributed by atoms with Gasteiger partial charge in [-0.15, -0.1) is 0 Å². The third kappa shape index (κ3) is 4.11. The minimum absolute atomic E-state index is 0.124. The van der Waals surface area contributed by atoms with E-state index in [9.17, 15) is 13.6 Å². The zero-order chi connectivity index (χ0) is 21.3. The molecular weight excluding hydrogens is 432 g/mol. The average molecular weight is 448 g/mol. The molecule has 0 spiro atoms. The second kappa shape index (κ2) is 8.57. The third-order valence-corrected chi connectivity index (χ3v) is 5.49. The van der Waals surface area contributed by atoms with E-state index in [0.29, 0.717) is 22.3 Å². The van der Waals surface area contributed by atoms with Crippen molar-refractivity contribution in [3.8, 4) is 17.0 Å². The summed E-state index contributed by atoms with van der Waals surface area (Å²) < 4.78 is 33.0. The fourth-order valence-electron chi connectivity index (χ4n) is 3.23. The second-order valence-electron chi connectivity index (χ2n) is 6.63. The standard InChI is InChI=1S/C21H16ClF2N3O2S/c1-30-21-25-6-5-17(27-21)11-7-12-8-13(29-19(12)15(22)9-11)10-26-20(28)14-3-2-4-16(23)18(14)24/h2-7,9,13H,8,10H2,1H3,(H,26,28)/t13-/m1/s1. The molecule has 2 heterocycles. The molecule has 0 fully saturated rings. The summed E-state index contributed by atoms with van der Waals surface area (Å²) in [6.45, 7) is 0.124. The van der Waals surface area contributed by atoms with Gasteiger partial charge in [0.1, 0.15) is 11.9 Å². The van der Waals surface area contributed by atoms with Gasteiger partial charge < -0.3 is 10.1 Å². The van der Waals surface area contributed by atoms with E-state index in [-0.39, 0.29) is 18.2 Å². The Labute approximate surface area is 180 Å². The Morgan fingerprint density at radius 1 is 1.33 bits per heavy atom. The largest absolute Gasteiger partial charge is 0.486 e. The average Bonchev–Trinajstić information content (AvgIpc) is 3.18. The summed E-state index contributed by atoms with van der Waals surface area (Å²) in [7, 11) is 0. The van der Waals surface area contributed by atoms with Gasteiger partial charge in [0.25, 0.3) is 5.91 Å². The lowest BCUT2D eigenvalue weighted by Gasteiger charge is -2.13. The maximum absolute atomic E-state index is 13.8. The Morgan fingerprint density at radius 3 is 2.97 bits per heavy atom. The van der Waals surface area contributed by atoms with E-state index in [0.717, 1.165) is 22.9 Å². The van der Waals surface area contributed by atoms with Crippen LogP contribution < -0.4 is 10.1 Å². The van der Waals surface area contributed by atoms with Gasteiger partial charge in [-0.1, -0.05) is 29.4 Å². The first-order valence-corrected chi connectivity index (χ1v) is 10.6. The van der Waals surface area contributed by atoms with Crippen LogP contribution in [-0.4, -0.2) is 34.8 Å². The van der Waals surface area contributed by atoms with Crippen molar-refractivity contribution >= 4 is 29.3 Å². The summed E-state index contributed by atoms with van der Waals surface area (Å²) in [6, 6.07) is 9.00. The van der Waals surface area contributed by atoms with Gasteiger partial charge in [-0.2, -0.15) is 0 Å². The molecule has 9 heteroatoms. The summed E-state index contributed by atoms with van der Waals surface area (Å²) in [5.41, 5.74) is 2.13. The molecule has 0 saturated heterocycles. The van der Waals surface area contributed by atoms with Crippen molar-refractivity contribution in [1.29, 1.82) is 0 Å². The Bertz CT molecular complexity index is 1130. The minimum Gasteiger partial charge on any atom is -0.486 e. The highest BCUT2D eigenvalue weighted by Gasteiger charge is 2.27.